The number of benzene rings is 3. The maximum Gasteiger partial charge on any atom is 0.258 e. The third-order valence-corrected chi connectivity index (χ3v) is 5.45. The number of nitrogens with one attached hydrogen (secondary N) is 1. The topological polar surface area (TPSA) is 49.4 Å². The van der Waals surface area contributed by atoms with Gasteiger partial charge in [0.15, 0.2) is 0 Å². The fraction of sp³-hybridized carbons (Fsp3) is 0.200. The summed E-state index contributed by atoms with van der Waals surface area (Å²) in [5.41, 5.74) is 5.40. The summed E-state index contributed by atoms with van der Waals surface area (Å²) in [6, 6.07) is 23.1. The zero-order valence-electron chi connectivity index (χ0n) is 16.7. The fourth-order valence-corrected chi connectivity index (χ4v) is 3.90. The molecule has 4 rings (SSSR count). The number of anilines is 1. The second kappa shape index (κ2) is 7.92. The zero-order valence-corrected chi connectivity index (χ0v) is 16.7. The number of hydrogen-bond acceptors (Lipinski definition) is 2. The predicted molar refractivity (Wildman–Crippen MR) is 115 cm³/mol. The summed E-state index contributed by atoms with van der Waals surface area (Å²) >= 11 is 0. The number of amides is 2. The molecule has 0 radical (unpaired) electrons. The Bertz CT molecular complexity index is 1060. The van der Waals surface area contributed by atoms with Gasteiger partial charge >= 0.3 is 0 Å². The summed E-state index contributed by atoms with van der Waals surface area (Å²) < 4.78 is 0. The van der Waals surface area contributed by atoms with E-state index in [-0.39, 0.29) is 17.9 Å². The Hall–Kier alpha value is -3.40. The lowest BCUT2D eigenvalue weighted by Crippen LogP contribution is -2.35. The van der Waals surface area contributed by atoms with Gasteiger partial charge in [0.25, 0.3) is 11.8 Å². The maximum absolute atomic E-state index is 13.1. The second-order valence-electron chi connectivity index (χ2n) is 7.55. The first-order valence-electron chi connectivity index (χ1n) is 9.89. The van der Waals surface area contributed by atoms with Crippen LogP contribution in [0.25, 0.3) is 0 Å². The Morgan fingerprint density at radius 2 is 1.72 bits per heavy atom. The van der Waals surface area contributed by atoms with Gasteiger partial charge in [-0.15, -0.1) is 0 Å². The lowest BCUT2D eigenvalue weighted by atomic mass is 10.1. The normalized spacial score (nSPS) is 15.1. The summed E-state index contributed by atoms with van der Waals surface area (Å²) in [4.78, 5) is 27.5. The molecule has 4 heteroatoms. The smallest absolute Gasteiger partial charge is 0.258 e. The summed E-state index contributed by atoms with van der Waals surface area (Å²) in [5.74, 6) is -0.0767. The molecule has 0 saturated carbocycles. The second-order valence-corrected chi connectivity index (χ2v) is 7.55. The van der Waals surface area contributed by atoms with Crippen molar-refractivity contribution in [3.05, 3.63) is 101 Å². The van der Waals surface area contributed by atoms with Crippen LogP contribution in [0.2, 0.25) is 0 Å². The van der Waals surface area contributed by atoms with Crippen LogP contribution in [-0.2, 0) is 13.0 Å². The number of aryl methyl sites for hydroxylation is 1. The van der Waals surface area contributed by atoms with Crippen molar-refractivity contribution in [1.29, 1.82) is 0 Å². The van der Waals surface area contributed by atoms with Crippen LogP contribution in [0.5, 0.6) is 0 Å². The molecule has 1 atom stereocenters. The van der Waals surface area contributed by atoms with Crippen LogP contribution in [0.1, 0.15) is 44.3 Å². The SMILES string of the molecule is Cc1ccccc1C(=O)NCc1ccc2c(c1)N(C(=O)c1ccccc1)C(C)C2. The zero-order chi connectivity index (χ0) is 20.4. The van der Waals surface area contributed by atoms with E-state index in [4.69, 9.17) is 0 Å². The monoisotopic (exact) mass is 384 g/mol. The number of rotatable bonds is 4. The number of carbonyl (C=O) groups excluding carboxylic acids is 2. The van der Waals surface area contributed by atoms with Crippen molar-refractivity contribution in [2.45, 2.75) is 32.9 Å². The molecule has 0 aliphatic carbocycles. The minimum Gasteiger partial charge on any atom is -0.348 e. The molecule has 1 aliphatic heterocycles. The van der Waals surface area contributed by atoms with Crippen molar-refractivity contribution < 1.29 is 9.59 Å². The summed E-state index contributed by atoms with van der Waals surface area (Å²) in [6.07, 6.45) is 0.837. The van der Waals surface area contributed by atoms with Gasteiger partial charge in [0.05, 0.1) is 0 Å². The molecule has 1 heterocycles. The highest BCUT2D eigenvalue weighted by Gasteiger charge is 2.31. The highest BCUT2D eigenvalue weighted by molar-refractivity contribution is 6.07. The van der Waals surface area contributed by atoms with Gasteiger partial charge < -0.3 is 10.2 Å². The molecule has 146 valence electrons. The van der Waals surface area contributed by atoms with Crippen molar-refractivity contribution in [2.75, 3.05) is 4.90 Å². The van der Waals surface area contributed by atoms with E-state index in [0.29, 0.717) is 17.7 Å². The molecule has 29 heavy (non-hydrogen) atoms. The van der Waals surface area contributed by atoms with Crippen LogP contribution in [0.3, 0.4) is 0 Å². The van der Waals surface area contributed by atoms with Gasteiger partial charge in [-0.3, -0.25) is 9.59 Å². The molecule has 0 aromatic heterocycles. The van der Waals surface area contributed by atoms with E-state index in [1.165, 1.54) is 0 Å². The quantitative estimate of drug-likeness (QED) is 0.719. The lowest BCUT2D eigenvalue weighted by molar-refractivity contribution is 0.0948. The van der Waals surface area contributed by atoms with Crippen LogP contribution >= 0.6 is 0 Å². The van der Waals surface area contributed by atoms with Crippen LogP contribution < -0.4 is 10.2 Å². The van der Waals surface area contributed by atoms with Gasteiger partial charge in [-0.2, -0.15) is 0 Å². The minimum atomic E-state index is -0.0887. The Morgan fingerprint density at radius 1 is 1.00 bits per heavy atom. The largest absolute Gasteiger partial charge is 0.348 e. The number of nitrogens with zero attached hydrogens (tertiary/aromatic N) is 1. The van der Waals surface area contributed by atoms with Crippen LogP contribution in [0, 0.1) is 6.92 Å². The average molecular weight is 384 g/mol. The summed E-state index contributed by atoms with van der Waals surface area (Å²) in [7, 11) is 0. The van der Waals surface area contributed by atoms with E-state index in [0.717, 1.165) is 28.8 Å². The van der Waals surface area contributed by atoms with Gasteiger partial charge in [0, 0.05) is 29.4 Å². The molecule has 4 nitrogen and oxygen atoms in total. The Balaban J connectivity index is 1.54. The van der Waals surface area contributed by atoms with E-state index in [1.54, 1.807) is 0 Å². The van der Waals surface area contributed by atoms with Gasteiger partial charge in [-0.1, -0.05) is 48.5 Å². The predicted octanol–water partition coefficient (Wildman–Crippen LogP) is 4.52. The molecule has 1 N–H and O–H groups in total. The van der Waals surface area contributed by atoms with Crippen LogP contribution in [-0.4, -0.2) is 17.9 Å². The Morgan fingerprint density at radius 3 is 2.48 bits per heavy atom. The van der Waals surface area contributed by atoms with E-state index < -0.39 is 0 Å². The fourth-order valence-electron chi connectivity index (χ4n) is 3.90. The molecule has 0 bridgehead atoms. The first-order valence-corrected chi connectivity index (χ1v) is 9.89. The first-order chi connectivity index (χ1) is 14.0. The van der Waals surface area contributed by atoms with Gasteiger partial charge in [0.1, 0.15) is 0 Å². The van der Waals surface area contributed by atoms with Crippen molar-refractivity contribution in [3.8, 4) is 0 Å². The van der Waals surface area contributed by atoms with Crippen LogP contribution in [0.4, 0.5) is 5.69 Å². The molecule has 2 amide bonds. The highest BCUT2D eigenvalue weighted by atomic mass is 16.2. The molecular formula is C25H24N2O2. The van der Waals surface area contributed by atoms with Crippen LogP contribution in [0.15, 0.2) is 72.8 Å². The van der Waals surface area contributed by atoms with Crippen molar-refractivity contribution in [2.24, 2.45) is 0 Å². The average Bonchev–Trinajstić information content (AvgIpc) is 3.07. The number of hydrogen-bond donors (Lipinski definition) is 1. The summed E-state index contributed by atoms with van der Waals surface area (Å²) in [6.45, 7) is 4.42. The molecule has 0 spiro atoms. The summed E-state index contributed by atoms with van der Waals surface area (Å²) in [5, 5.41) is 2.99. The van der Waals surface area contributed by atoms with E-state index in [1.807, 2.05) is 78.6 Å². The molecule has 3 aromatic carbocycles. The van der Waals surface area contributed by atoms with E-state index in [2.05, 4.69) is 18.3 Å². The van der Waals surface area contributed by atoms with E-state index in [9.17, 15) is 9.59 Å². The minimum absolute atomic E-state index is 0.0120. The molecule has 1 aliphatic rings. The highest BCUT2D eigenvalue weighted by Crippen LogP contribution is 2.34. The third-order valence-electron chi connectivity index (χ3n) is 5.45. The molecule has 3 aromatic rings. The molecule has 0 saturated heterocycles. The standard InChI is InChI=1S/C25H24N2O2/c1-17-8-6-7-11-22(17)24(28)26-16-19-12-13-21-14-18(2)27(23(21)15-19)25(29)20-9-4-3-5-10-20/h3-13,15,18H,14,16H2,1-2H3,(H,26,28). The van der Waals surface area contributed by atoms with Crippen molar-refractivity contribution in [3.63, 3.8) is 0 Å². The first kappa shape index (κ1) is 18.9. The molecule has 0 fully saturated rings. The molecular weight excluding hydrogens is 360 g/mol. The maximum atomic E-state index is 13.1. The van der Waals surface area contributed by atoms with E-state index >= 15 is 0 Å². The van der Waals surface area contributed by atoms with Crippen molar-refractivity contribution in [1.82, 2.24) is 5.32 Å². The van der Waals surface area contributed by atoms with Gasteiger partial charge in [-0.05, 0) is 61.2 Å². The third kappa shape index (κ3) is 3.79. The van der Waals surface area contributed by atoms with Crippen molar-refractivity contribution >= 4 is 17.5 Å². The van der Waals surface area contributed by atoms with Gasteiger partial charge in [-0.25, -0.2) is 0 Å². The Labute approximate surface area is 171 Å². The number of carbonyl (C=O) groups is 2. The lowest BCUT2D eigenvalue weighted by Gasteiger charge is -2.23. The Kier molecular flexibility index (Phi) is 5.17. The van der Waals surface area contributed by atoms with Gasteiger partial charge in [0.2, 0.25) is 0 Å². The number of fused-ring (bicyclic) bond motifs is 1. The molecule has 1 unspecified atom stereocenters.